The van der Waals surface area contributed by atoms with Gasteiger partial charge < -0.3 is 5.32 Å². The zero-order valence-corrected chi connectivity index (χ0v) is 18.9. The number of piperidine rings is 1. The van der Waals surface area contributed by atoms with Gasteiger partial charge in [-0.25, -0.2) is 8.42 Å². The largest absolute Gasteiger partial charge is 0.325 e. The summed E-state index contributed by atoms with van der Waals surface area (Å²) in [6.45, 7) is 2.02. The van der Waals surface area contributed by atoms with Crippen LogP contribution in [0.25, 0.3) is 0 Å². The van der Waals surface area contributed by atoms with Crippen LogP contribution in [0.4, 0.5) is 5.69 Å². The molecule has 1 aliphatic rings. The van der Waals surface area contributed by atoms with Gasteiger partial charge in [-0.2, -0.15) is 4.31 Å². The molecule has 156 valence electrons. The first-order valence-corrected chi connectivity index (χ1v) is 11.9. The minimum atomic E-state index is -3.46. The molecule has 0 spiro atoms. The molecule has 1 saturated heterocycles. The molecule has 1 heterocycles. The number of nitrogens with zero attached hydrogens (tertiary/aromatic N) is 2. The van der Waals surface area contributed by atoms with Gasteiger partial charge in [0, 0.05) is 29.8 Å². The minimum Gasteiger partial charge on any atom is -0.325 e. The SMILES string of the molecule is CN(CC(=O)Nc1ccc(S(=O)(=O)N2CCCCC2)cc1)Cc1ccccc1Br. The van der Waals surface area contributed by atoms with Crippen molar-refractivity contribution in [2.75, 3.05) is 32.0 Å². The van der Waals surface area contributed by atoms with E-state index in [9.17, 15) is 13.2 Å². The molecule has 0 atom stereocenters. The molecule has 1 amide bonds. The lowest BCUT2D eigenvalue weighted by atomic mass is 10.2. The van der Waals surface area contributed by atoms with Gasteiger partial charge in [-0.1, -0.05) is 40.5 Å². The molecular formula is C21H26BrN3O3S. The van der Waals surface area contributed by atoms with E-state index in [1.54, 1.807) is 28.6 Å². The van der Waals surface area contributed by atoms with Crippen molar-refractivity contribution in [2.24, 2.45) is 0 Å². The predicted octanol–water partition coefficient (Wildman–Crippen LogP) is 3.69. The molecule has 0 bridgehead atoms. The van der Waals surface area contributed by atoms with Gasteiger partial charge in [-0.3, -0.25) is 9.69 Å². The number of likely N-dealkylation sites (N-methyl/N-ethyl adjacent to an activating group) is 1. The molecule has 8 heteroatoms. The van der Waals surface area contributed by atoms with Crippen LogP contribution in [0.3, 0.4) is 0 Å². The summed E-state index contributed by atoms with van der Waals surface area (Å²) in [4.78, 5) is 14.5. The number of carbonyl (C=O) groups excluding carboxylic acids is 1. The summed E-state index contributed by atoms with van der Waals surface area (Å²) < 4.78 is 27.9. The van der Waals surface area contributed by atoms with Crippen molar-refractivity contribution < 1.29 is 13.2 Å². The van der Waals surface area contributed by atoms with Crippen LogP contribution >= 0.6 is 15.9 Å². The van der Waals surface area contributed by atoms with E-state index >= 15 is 0 Å². The number of hydrogen-bond donors (Lipinski definition) is 1. The number of halogens is 1. The highest BCUT2D eigenvalue weighted by molar-refractivity contribution is 9.10. The number of carbonyl (C=O) groups is 1. The average Bonchev–Trinajstić information content (AvgIpc) is 2.70. The normalized spacial score (nSPS) is 15.4. The maximum atomic E-state index is 12.7. The van der Waals surface area contributed by atoms with Crippen molar-refractivity contribution in [2.45, 2.75) is 30.7 Å². The first-order chi connectivity index (χ1) is 13.9. The van der Waals surface area contributed by atoms with Crippen LogP contribution in [0.1, 0.15) is 24.8 Å². The van der Waals surface area contributed by atoms with Crippen molar-refractivity contribution in [3.05, 3.63) is 58.6 Å². The smallest absolute Gasteiger partial charge is 0.243 e. The molecular weight excluding hydrogens is 454 g/mol. The molecule has 0 saturated carbocycles. The average molecular weight is 480 g/mol. The zero-order valence-electron chi connectivity index (χ0n) is 16.5. The molecule has 0 aromatic heterocycles. The van der Waals surface area contributed by atoms with Crippen molar-refractivity contribution in [1.82, 2.24) is 9.21 Å². The fourth-order valence-electron chi connectivity index (χ4n) is 3.38. The van der Waals surface area contributed by atoms with E-state index in [0.29, 0.717) is 25.3 Å². The van der Waals surface area contributed by atoms with Gasteiger partial charge in [0.05, 0.1) is 11.4 Å². The number of amides is 1. The van der Waals surface area contributed by atoms with Crippen molar-refractivity contribution in [3.63, 3.8) is 0 Å². The van der Waals surface area contributed by atoms with Crippen LogP contribution in [0.5, 0.6) is 0 Å². The molecule has 2 aromatic carbocycles. The molecule has 0 radical (unpaired) electrons. The lowest BCUT2D eigenvalue weighted by Crippen LogP contribution is -2.35. The minimum absolute atomic E-state index is 0.147. The van der Waals surface area contributed by atoms with Crippen molar-refractivity contribution >= 4 is 37.5 Å². The Hall–Kier alpha value is -1.74. The topological polar surface area (TPSA) is 69.7 Å². The van der Waals surface area contributed by atoms with E-state index in [1.165, 1.54) is 0 Å². The van der Waals surface area contributed by atoms with E-state index < -0.39 is 10.0 Å². The Morgan fingerprint density at radius 1 is 1.07 bits per heavy atom. The van der Waals surface area contributed by atoms with Gasteiger partial charge in [0.15, 0.2) is 0 Å². The van der Waals surface area contributed by atoms with E-state index in [4.69, 9.17) is 0 Å². The Morgan fingerprint density at radius 2 is 1.72 bits per heavy atom. The van der Waals surface area contributed by atoms with Gasteiger partial charge in [0.2, 0.25) is 15.9 Å². The summed E-state index contributed by atoms with van der Waals surface area (Å²) in [5.74, 6) is -0.147. The number of anilines is 1. The summed E-state index contributed by atoms with van der Waals surface area (Å²) in [5, 5.41) is 2.83. The molecule has 1 aliphatic heterocycles. The summed E-state index contributed by atoms with van der Waals surface area (Å²) in [7, 11) is -1.57. The van der Waals surface area contributed by atoms with Crippen LogP contribution in [0.15, 0.2) is 57.9 Å². The molecule has 6 nitrogen and oxygen atoms in total. The third kappa shape index (κ3) is 5.88. The first kappa shape index (κ1) is 22.0. The Labute approximate surface area is 181 Å². The molecule has 0 unspecified atom stereocenters. The van der Waals surface area contributed by atoms with Crippen LogP contribution < -0.4 is 5.32 Å². The molecule has 0 aliphatic carbocycles. The molecule has 3 rings (SSSR count). The molecule has 2 aromatic rings. The summed E-state index contributed by atoms with van der Waals surface area (Å²) in [6.07, 6.45) is 2.88. The Morgan fingerprint density at radius 3 is 2.38 bits per heavy atom. The van der Waals surface area contributed by atoms with E-state index in [2.05, 4.69) is 21.2 Å². The van der Waals surface area contributed by atoms with Crippen LogP contribution in [-0.4, -0.2) is 50.2 Å². The quantitative estimate of drug-likeness (QED) is 0.657. The van der Waals surface area contributed by atoms with E-state index in [-0.39, 0.29) is 17.3 Å². The Bertz CT molecular complexity index is 942. The molecule has 1 fully saturated rings. The summed E-state index contributed by atoms with van der Waals surface area (Å²) in [5.41, 5.74) is 1.69. The van der Waals surface area contributed by atoms with Gasteiger partial charge >= 0.3 is 0 Å². The molecule has 1 N–H and O–H groups in total. The number of sulfonamides is 1. The van der Waals surface area contributed by atoms with E-state index in [1.807, 2.05) is 36.2 Å². The molecule has 29 heavy (non-hydrogen) atoms. The first-order valence-electron chi connectivity index (χ1n) is 9.68. The third-order valence-corrected chi connectivity index (χ3v) is 7.59. The van der Waals surface area contributed by atoms with Crippen LogP contribution in [-0.2, 0) is 21.4 Å². The van der Waals surface area contributed by atoms with Crippen molar-refractivity contribution in [1.29, 1.82) is 0 Å². The fraction of sp³-hybridized carbons (Fsp3) is 0.381. The Balaban J connectivity index is 1.56. The number of hydrogen-bond acceptors (Lipinski definition) is 4. The number of nitrogens with one attached hydrogen (secondary N) is 1. The maximum absolute atomic E-state index is 12.7. The highest BCUT2D eigenvalue weighted by Crippen LogP contribution is 2.22. The van der Waals surface area contributed by atoms with Crippen molar-refractivity contribution in [3.8, 4) is 0 Å². The van der Waals surface area contributed by atoms with Crippen LogP contribution in [0.2, 0.25) is 0 Å². The Kier molecular flexibility index (Phi) is 7.45. The van der Waals surface area contributed by atoms with Crippen LogP contribution in [0, 0.1) is 0 Å². The second-order valence-electron chi connectivity index (χ2n) is 7.30. The number of rotatable bonds is 7. The van der Waals surface area contributed by atoms with Gasteiger partial charge in [-0.05, 0) is 55.8 Å². The standard InChI is InChI=1S/C21H26BrN3O3S/c1-24(15-17-7-3-4-8-20(17)22)16-21(26)23-18-9-11-19(12-10-18)29(27,28)25-13-5-2-6-14-25/h3-4,7-12H,2,5-6,13-16H2,1H3,(H,23,26). The highest BCUT2D eigenvalue weighted by Gasteiger charge is 2.25. The van der Waals surface area contributed by atoms with E-state index in [0.717, 1.165) is 29.3 Å². The lowest BCUT2D eigenvalue weighted by Gasteiger charge is -2.25. The maximum Gasteiger partial charge on any atom is 0.243 e. The monoisotopic (exact) mass is 479 g/mol. The summed E-state index contributed by atoms with van der Waals surface area (Å²) in [6, 6.07) is 14.3. The second-order valence-corrected chi connectivity index (χ2v) is 10.1. The number of benzene rings is 2. The summed E-state index contributed by atoms with van der Waals surface area (Å²) >= 11 is 3.52. The van der Waals surface area contributed by atoms with Gasteiger partial charge in [-0.15, -0.1) is 0 Å². The predicted molar refractivity (Wildman–Crippen MR) is 118 cm³/mol. The van der Waals surface area contributed by atoms with Gasteiger partial charge in [0.25, 0.3) is 0 Å². The van der Waals surface area contributed by atoms with Gasteiger partial charge in [0.1, 0.15) is 0 Å². The highest BCUT2D eigenvalue weighted by atomic mass is 79.9. The zero-order chi connectivity index (χ0) is 20.9. The second kappa shape index (κ2) is 9.84. The third-order valence-electron chi connectivity index (χ3n) is 4.90. The lowest BCUT2D eigenvalue weighted by molar-refractivity contribution is -0.117. The fourth-order valence-corrected chi connectivity index (χ4v) is 5.31.